The van der Waals surface area contributed by atoms with Crippen molar-refractivity contribution in [3.05, 3.63) is 71.8 Å². The molecule has 13 nitrogen and oxygen atoms in total. The Morgan fingerprint density at radius 1 is 1.13 bits per heavy atom. The first-order chi connectivity index (χ1) is 19.1. The number of fused-ring (bicyclic) bond motifs is 2. The van der Waals surface area contributed by atoms with Gasteiger partial charge in [-0.1, -0.05) is 30.3 Å². The van der Waals surface area contributed by atoms with Gasteiger partial charge in [-0.3, -0.25) is 14.6 Å². The van der Waals surface area contributed by atoms with Gasteiger partial charge in [0.1, 0.15) is 23.3 Å². The van der Waals surface area contributed by atoms with Crippen molar-refractivity contribution >= 4 is 40.4 Å². The Hall–Kier alpha value is -5.46. The normalized spacial score (nSPS) is 12.8. The number of aryl methyl sites for hydroxylation is 1. The number of aromatic nitrogens is 7. The van der Waals surface area contributed by atoms with Crippen LogP contribution in [0.4, 0.5) is 11.4 Å². The molecule has 0 aliphatic carbocycles. The number of H-pyrrole nitrogens is 2. The van der Waals surface area contributed by atoms with E-state index >= 15 is 0 Å². The number of tetrazole rings is 1. The Balaban J connectivity index is 1.08. The highest BCUT2D eigenvalue weighted by Gasteiger charge is 2.18. The third kappa shape index (κ3) is 5.18. The van der Waals surface area contributed by atoms with Crippen LogP contribution in [-0.4, -0.2) is 60.2 Å². The topological polar surface area (TPSA) is 176 Å². The minimum atomic E-state index is -0.359. The number of aliphatic imine (C=N–C) groups is 1. The van der Waals surface area contributed by atoms with Gasteiger partial charge < -0.3 is 20.4 Å². The molecule has 0 atom stereocenters. The van der Waals surface area contributed by atoms with Crippen molar-refractivity contribution in [2.45, 2.75) is 19.4 Å². The summed E-state index contributed by atoms with van der Waals surface area (Å²) in [5, 5.41) is 19.6. The van der Waals surface area contributed by atoms with E-state index < -0.39 is 0 Å². The lowest BCUT2D eigenvalue weighted by Gasteiger charge is -2.18. The zero-order valence-electron chi connectivity index (χ0n) is 20.5. The second-order valence-electron chi connectivity index (χ2n) is 8.75. The number of benzene rings is 2. The Labute approximate surface area is 221 Å². The fourth-order valence-corrected chi connectivity index (χ4v) is 4.20. The first kappa shape index (κ1) is 23.9. The van der Waals surface area contributed by atoms with Gasteiger partial charge in [0.05, 0.1) is 11.2 Å². The van der Waals surface area contributed by atoms with Crippen LogP contribution in [0.2, 0.25) is 0 Å². The summed E-state index contributed by atoms with van der Waals surface area (Å²) in [7, 11) is 0. The van der Waals surface area contributed by atoms with Crippen molar-refractivity contribution in [3.63, 3.8) is 0 Å². The largest absolute Gasteiger partial charge is 0.482 e. The molecule has 5 aromatic rings. The molecule has 6 rings (SSSR count). The molecule has 3 aromatic heterocycles. The van der Waals surface area contributed by atoms with Crippen molar-refractivity contribution in [2.75, 3.05) is 11.9 Å². The number of amides is 2. The number of carbonyl (C=O) groups is 2. The lowest BCUT2D eigenvalue weighted by Crippen LogP contribution is -2.26. The minimum Gasteiger partial charge on any atom is -0.482 e. The van der Waals surface area contributed by atoms with Crippen LogP contribution in [0.1, 0.15) is 28.0 Å². The second-order valence-corrected chi connectivity index (χ2v) is 8.75. The number of hydrogen-bond acceptors (Lipinski definition) is 9. The van der Waals surface area contributed by atoms with E-state index in [1.54, 1.807) is 18.3 Å². The van der Waals surface area contributed by atoms with E-state index in [0.717, 1.165) is 29.5 Å². The molecule has 0 fully saturated rings. The summed E-state index contributed by atoms with van der Waals surface area (Å²) >= 11 is 0. The van der Waals surface area contributed by atoms with Crippen LogP contribution in [0.25, 0.3) is 22.4 Å². The van der Waals surface area contributed by atoms with E-state index in [9.17, 15) is 9.59 Å². The smallest absolute Gasteiger partial charge is 0.272 e. The molecule has 1 aliphatic heterocycles. The molecular formula is C26H22N10O3. The predicted octanol–water partition coefficient (Wildman–Crippen LogP) is 2.73. The molecule has 2 amide bonds. The third-order valence-corrected chi connectivity index (χ3v) is 6.14. The molecule has 1 aliphatic rings. The molecule has 39 heavy (non-hydrogen) atoms. The summed E-state index contributed by atoms with van der Waals surface area (Å²) < 4.78 is 5.37. The number of rotatable bonds is 8. The Bertz CT molecular complexity index is 1680. The summed E-state index contributed by atoms with van der Waals surface area (Å²) in [6.45, 7) is 0.238. The molecule has 13 heteroatoms. The molecule has 0 spiro atoms. The van der Waals surface area contributed by atoms with Crippen molar-refractivity contribution in [2.24, 2.45) is 4.99 Å². The number of aromatic amines is 2. The van der Waals surface area contributed by atoms with Gasteiger partial charge in [-0.05, 0) is 41.3 Å². The van der Waals surface area contributed by atoms with E-state index in [2.05, 4.69) is 51.2 Å². The Kier molecular flexibility index (Phi) is 6.43. The highest BCUT2D eigenvalue weighted by atomic mass is 16.5. The number of nitrogens with one attached hydrogen (secondary N) is 4. The lowest BCUT2D eigenvalue weighted by molar-refractivity contribution is -0.118. The molecule has 0 radical (unpaired) electrons. The zero-order chi connectivity index (χ0) is 26.6. The maximum atomic E-state index is 12.9. The van der Waals surface area contributed by atoms with E-state index in [1.165, 1.54) is 6.33 Å². The first-order valence-electron chi connectivity index (χ1n) is 12.2. The van der Waals surface area contributed by atoms with E-state index in [4.69, 9.17) is 4.74 Å². The summed E-state index contributed by atoms with van der Waals surface area (Å²) in [4.78, 5) is 40.6. The van der Waals surface area contributed by atoms with Crippen LogP contribution in [0.15, 0.2) is 60.0 Å². The standard InChI is InChI=1S/C26H22N10O3/c37-21-13-39-20-8-5-16(10-18(20)32-21)11-29-26(38)24-23-22(30-14-31-24)19(12-28-23)27-9-1-2-15-3-6-17(7-4-15)25-33-35-36-34-25/h3-10,12,14,28H,1-2,11,13H2,(H,29,38)(H,32,37)(H,33,34,35,36). The van der Waals surface area contributed by atoms with E-state index in [0.29, 0.717) is 34.0 Å². The number of hydrogen-bond donors (Lipinski definition) is 4. The number of carbonyl (C=O) groups excluding carboxylic acids is 2. The molecule has 4 N–H and O–H groups in total. The van der Waals surface area contributed by atoms with Crippen LogP contribution in [0, 0.1) is 0 Å². The van der Waals surface area contributed by atoms with Crippen LogP contribution < -0.4 is 15.4 Å². The van der Waals surface area contributed by atoms with Gasteiger partial charge in [-0.25, -0.2) is 9.97 Å². The fourth-order valence-electron chi connectivity index (χ4n) is 4.20. The van der Waals surface area contributed by atoms with Crippen LogP contribution in [0.5, 0.6) is 5.75 Å². The Morgan fingerprint density at radius 3 is 2.85 bits per heavy atom. The number of anilines is 1. The minimum absolute atomic E-state index is 0.00762. The van der Waals surface area contributed by atoms with Gasteiger partial charge in [0.2, 0.25) is 5.82 Å². The fraction of sp³-hybridized carbons (Fsp3) is 0.154. The van der Waals surface area contributed by atoms with Gasteiger partial charge in [0.15, 0.2) is 12.3 Å². The molecule has 0 bridgehead atoms. The maximum Gasteiger partial charge on any atom is 0.272 e. The predicted molar refractivity (Wildman–Crippen MR) is 142 cm³/mol. The number of nitrogens with zero attached hydrogens (tertiary/aromatic N) is 6. The molecule has 2 aromatic carbocycles. The maximum absolute atomic E-state index is 12.9. The molecular weight excluding hydrogens is 500 g/mol. The molecule has 0 saturated carbocycles. The molecule has 4 heterocycles. The third-order valence-electron chi connectivity index (χ3n) is 6.14. The summed E-state index contributed by atoms with van der Waals surface area (Å²) in [5.74, 6) is 0.580. The summed E-state index contributed by atoms with van der Waals surface area (Å²) in [6.07, 6.45) is 6.41. The van der Waals surface area contributed by atoms with Gasteiger partial charge >= 0.3 is 0 Å². The van der Waals surface area contributed by atoms with Crippen LogP contribution in [-0.2, 0) is 17.8 Å². The molecule has 0 unspecified atom stereocenters. The zero-order valence-corrected chi connectivity index (χ0v) is 20.5. The highest BCUT2D eigenvalue weighted by molar-refractivity contribution is 6.05. The first-order valence-corrected chi connectivity index (χ1v) is 12.2. The van der Waals surface area contributed by atoms with Crippen molar-refractivity contribution in [3.8, 4) is 17.1 Å². The number of ether oxygens (including phenoxy) is 1. The summed E-state index contributed by atoms with van der Waals surface area (Å²) in [5.41, 5.74) is 5.34. The van der Waals surface area contributed by atoms with Gasteiger partial charge in [0, 0.05) is 24.5 Å². The van der Waals surface area contributed by atoms with Crippen LogP contribution >= 0.6 is 0 Å². The van der Waals surface area contributed by atoms with E-state index in [-0.39, 0.29) is 30.7 Å². The molecule has 0 saturated heterocycles. The Morgan fingerprint density at radius 2 is 2.00 bits per heavy atom. The van der Waals surface area contributed by atoms with Gasteiger partial charge in [0.25, 0.3) is 11.8 Å². The quantitative estimate of drug-likeness (QED) is 0.225. The highest BCUT2D eigenvalue weighted by Crippen LogP contribution is 2.29. The molecule has 194 valence electrons. The van der Waals surface area contributed by atoms with Gasteiger partial charge in [-0.2, -0.15) is 5.21 Å². The van der Waals surface area contributed by atoms with Gasteiger partial charge in [-0.15, -0.1) is 10.2 Å². The van der Waals surface area contributed by atoms with Crippen LogP contribution in [0.3, 0.4) is 0 Å². The van der Waals surface area contributed by atoms with E-state index in [1.807, 2.05) is 36.5 Å². The SMILES string of the molecule is O=C1COc2ccc(CNC(=O)c3ncnc4c(N=CCCc5ccc(-c6nn[nH]n6)cc5)c[nH]c34)cc2N1. The average Bonchev–Trinajstić information content (AvgIpc) is 3.65. The lowest BCUT2D eigenvalue weighted by atomic mass is 10.1. The van der Waals surface area contributed by atoms with Crippen molar-refractivity contribution < 1.29 is 14.3 Å². The average molecular weight is 523 g/mol. The van der Waals surface area contributed by atoms with Crippen molar-refractivity contribution in [1.29, 1.82) is 0 Å². The second kappa shape index (κ2) is 10.5. The summed E-state index contributed by atoms with van der Waals surface area (Å²) in [6, 6.07) is 13.3. The monoisotopic (exact) mass is 522 g/mol. The van der Waals surface area contributed by atoms with Crippen molar-refractivity contribution in [1.82, 2.24) is 40.9 Å².